The van der Waals surface area contributed by atoms with Crippen molar-refractivity contribution in [2.45, 2.75) is 12.2 Å². The van der Waals surface area contributed by atoms with E-state index >= 15 is 0 Å². The first-order valence-corrected chi connectivity index (χ1v) is 8.97. The van der Waals surface area contributed by atoms with Crippen LogP contribution in [-0.2, 0) is 15.8 Å². The van der Waals surface area contributed by atoms with Crippen LogP contribution in [0.3, 0.4) is 0 Å². The first kappa shape index (κ1) is 20.2. The number of halogens is 4. The molecule has 0 radical (unpaired) electrons. The number of piperazine rings is 1. The zero-order valence-corrected chi connectivity index (χ0v) is 15.4. The van der Waals surface area contributed by atoms with Gasteiger partial charge in [0, 0.05) is 5.56 Å². The molecule has 9 heteroatoms. The molecule has 2 aromatic carbocycles. The van der Waals surface area contributed by atoms with Gasteiger partial charge < -0.3 is 15.5 Å². The number of hydrogen-bond acceptors (Lipinski definition) is 2. The Bertz CT molecular complexity index is 874. The summed E-state index contributed by atoms with van der Waals surface area (Å²) in [5.74, 6) is -0.718. The SMILES string of the molecule is O=C1C[NH+]([C@H](C(=O)Nc2cc(C(F)(F)F)ccc2Cl)c2ccccc2)CCN1. The zero-order chi connectivity index (χ0) is 20.3. The highest BCUT2D eigenvalue weighted by Crippen LogP contribution is 2.34. The number of rotatable bonds is 4. The normalized spacial score (nSPS) is 18.3. The Morgan fingerprint density at radius 3 is 2.54 bits per heavy atom. The van der Waals surface area contributed by atoms with Gasteiger partial charge in [-0.1, -0.05) is 41.9 Å². The molecule has 0 spiro atoms. The van der Waals surface area contributed by atoms with Crippen LogP contribution in [0.1, 0.15) is 17.2 Å². The van der Waals surface area contributed by atoms with E-state index in [-0.39, 0.29) is 23.2 Å². The standard InChI is InChI=1S/C19H17ClF3N3O2/c20-14-7-6-13(19(21,22)23)10-15(14)25-18(28)17(12-4-2-1-3-5-12)26-9-8-24-16(27)11-26/h1-7,10,17H,8-9,11H2,(H,24,27)(H,25,28)/p+1/t17-/m0/s1. The summed E-state index contributed by atoms with van der Waals surface area (Å²) < 4.78 is 39.0. The monoisotopic (exact) mass is 412 g/mol. The second-order valence-electron chi connectivity index (χ2n) is 6.46. The fourth-order valence-electron chi connectivity index (χ4n) is 3.19. The molecule has 2 atom stereocenters. The van der Waals surface area contributed by atoms with E-state index < -0.39 is 23.7 Å². The van der Waals surface area contributed by atoms with Gasteiger partial charge in [0.2, 0.25) is 0 Å². The lowest BCUT2D eigenvalue weighted by Gasteiger charge is -2.30. The summed E-state index contributed by atoms with van der Waals surface area (Å²) in [5, 5.41) is 5.21. The molecule has 0 aromatic heterocycles. The molecule has 1 unspecified atom stereocenters. The molecule has 0 bridgehead atoms. The summed E-state index contributed by atoms with van der Waals surface area (Å²) in [7, 11) is 0. The average molecular weight is 413 g/mol. The molecule has 148 valence electrons. The van der Waals surface area contributed by atoms with Crippen LogP contribution in [0.4, 0.5) is 18.9 Å². The number of alkyl halides is 3. The molecule has 1 heterocycles. The molecule has 0 saturated carbocycles. The Hall–Kier alpha value is -2.58. The van der Waals surface area contributed by atoms with E-state index in [0.717, 1.165) is 18.2 Å². The van der Waals surface area contributed by atoms with Crippen LogP contribution >= 0.6 is 11.6 Å². The molecule has 5 nitrogen and oxygen atoms in total. The van der Waals surface area contributed by atoms with Crippen LogP contribution in [0.5, 0.6) is 0 Å². The van der Waals surface area contributed by atoms with Crippen molar-refractivity contribution in [3.63, 3.8) is 0 Å². The van der Waals surface area contributed by atoms with Crippen molar-refractivity contribution in [2.24, 2.45) is 0 Å². The van der Waals surface area contributed by atoms with E-state index in [1.807, 2.05) is 0 Å². The lowest BCUT2D eigenvalue weighted by molar-refractivity contribution is -0.915. The maximum absolute atomic E-state index is 13.0. The third kappa shape index (κ3) is 4.63. The minimum absolute atomic E-state index is 0.000418. The summed E-state index contributed by atoms with van der Waals surface area (Å²) in [4.78, 5) is 25.5. The second-order valence-corrected chi connectivity index (χ2v) is 6.87. The highest BCUT2D eigenvalue weighted by atomic mass is 35.5. The minimum atomic E-state index is -4.56. The zero-order valence-electron chi connectivity index (χ0n) is 14.6. The summed E-state index contributed by atoms with van der Waals surface area (Å²) in [6.45, 7) is 1.01. The van der Waals surface area contributed by atoms with Gasteiger partial charge in [0.1, 0.15) is 0 Å². The Labute approximate surface area is 164 Å². The Morgan fingerprint density at radius 1 is 1.18 bits per heavy atom. The van der Waals surface area contributed by atoms with Crippen molar-refractivity contribution in [3.05, 3.63) is 64.7 Å². The van der Waals surface area contributed by atoms with E-state index in [1.54, 1.807) is 30.3 Å². The van der Waals surface area contributed by atoms with Crippen LogP contribution in [0, 0.1) is 0 Å². The van der Waals surface area contributed by atoms with Crippen molar-refractivity contribution in [1.29, 1.82) is 0 Å². The highest BCUT2D eigenvalue weighted by Gasteiger charge is 2.36. The minimum Gasteiger partial charge on any atom is -0.346 e. The lowest BCUT2D eigenvalue weighted by atomic mass is 10.0. The molecule has 1 aliphatic rings. The first-order chi connectivity index (χ1) is 13.3. The molecule has 1 fully saturated rings. The molecule has 28 heavy (non-hydrogen) atoms. The van der Waals surface area contributed by atoms with E-state index in [0.29, 0.717) is 23.6 Å². The fourth-order valence-corrected chi connectivity index (χ4v) is 3.35. The quantitative estimate of drug-likeness (QED) is 0.720. The van der Waals surface area contributed by atoms with Crippen LogP contribution < -0.4 is 15.5 Å². The first-order valence-electron chi connectivity index (χ1n) is 8.59. The van der Waals surface area contributed by atoms with Gasteiger partial charge in [0.05, 0.1) is 29.4 Å². The number of hydrogen-bond donors (Lipinski definition) is 3. The van der Waals surface area contributed by atoms with Gasteiger partial charge in [0.15, 0.2) is 12.6 Å². The van der Waals surface area contributed by atoms with Gasteiger partial charge >= 0.3 is 6.18 Å². The van der Waals surface area contributed by atoms with Gasteiger partial charge in [-0.25, -0.2) is 0 Å². The van der Waals surface area contributed by atoms with E-state index in [9.17, 15) is 22.8 Å². The van der Waals surface area contributed by atoms with Gasteiger partial charge in [-0.3, -0.25) is 9.59 Å². The van der Waals surface area contributed by atoms with Gasteiger partial charge in [-0.05, 0) is 18.2 Å². The van der Waals surface area contributed by atoms with Crippen molar-refractivity contribution < 1.29 is 27.7 Å². The van der Waals surface area contributed by atoms with Crippen LogP contribution in [0.2, 0.25) is 5.02 Å². The van der Waals surface area contributed by atoms with Gasteiger partial charge in [0.25, 0.3) is 11.8 Å². The number of carbonyl (C=O) groups excluding carboxylic acids is 2. The van der Waals surface area contributed by atoms with Crippen molar-refractivity contribution in [1.82, 2.24) is 5.32 Å². The van der Waals surface area contributed by atoms with Gasteiger partial charge in [-0.15, -0.1) is 0 Å². The Morgan fingerprint density at radius 2 is 1.89 bits per heavy atom. The molecule has 2 amide bonds. The topological polar surface area (TPSA) is 62.6 Å². The van der Waals surface area contributed by atoms with Crippen molar-refractivity contribution >= 4 is 29.1 Å². The fraction of sp³-hybridized carbons (Fsp3) is 0.263. The molecule has 3 N–H and O–H groups in total. The highest BCUT2D eigenvalue weighted by molar-refractivity contribution is 6.33. The maximum Gasteiger partial charge on any atom is 0.416 e. The second kappa shape index (κ2) is 8.20. The van der Waals surface area contributed by atoms with E-state index in [4.69, 9.17) is 11.6 Å². The third-order valence-electron chi connectivity index (χ3n) is 4.51. The molecule has 3 rings (SSSR count). The summed E-state index contributed by atoms with van der Waals surface area (Å²) in [5.41, 5.74) is -0.371. The number of benzene rings is 2. The lowest BCUT2D eigenvalue weighted by Crippen LogP contribution is -3.16. The molecule has 1 aliphatic heterocycles. The van der Waals surface area contributed by atoms with Gasteiger partial charge in [-0.2, -0.15) is 13.2 Å². The molecule has 2 aromatic rings. The number of quaternary nitrogens is 1. The largest absolute Gasteiger partial charge is 0.416 e. The molecule has 1 saturated heterocycles. The summed E-state index contributed by atoms with van der Waals surface area (Å²) >= 11 is 6.00. The number of anilines is 1. The maximum atomic E-state index is 13.0. The van der Waals surface area contributed by atoms with E-state index in [1.165, 1.54) is 0 Å². The summed E-state index contributed by atoms with van der Waals surface area (Å²) in [6, 6.07) is 10.8. The number of nitrogens with one attached hydrogen (secondary N) is 3. The Kier molecular flexibility index (Phi) is 5.90. The molecule has 0 aliphatic carbocycles. The predicted octanol–water partition coefficient (Wildman–Crippen LogP) is 2.05. The van der Waals surface area contributed by atoms with Crippen LogP contribution in [0.15, 0.2) is 48.5 Å². The third-order valence-corrected chi connectivity index (χ3v) is 4.84. The van der Waals surface area contributed by atoms with Crippen LogP contribution in [-0.4, -0.2) is 31.4 Å². The van der Waals surface area contributed by atoms with Crippen molar-refractivity contribution in [3.8, 4) is 0 Å². The Balaban J connectivity index is 1.91. The molecular formula is C19H18ClF3N3O2+. The average Bonchev–Trinajstić information content (AvgIpc) is 2.64. The van der Waals surface area contributed by atoms with E-state index in [2.05, 4.69) is 10.6 Å². The number of amides is 2. The van der Waals surface area contributed by atoms with Crippen LogP contribution in [0.25, 0.3) is 0 Å². The smallest absolute Gasteiger partial charge is 0.346 e. The molecular weight excluding hydrogens is 395 g/mol. The number of carbonyl (C=O) groups is 2. The predicted molar refractivity (Wildman–Crippen MR) is 98.0 cm³/mol. The van der Waals surface area contributed by atoms with Crippen molar-refractivity contribution in [2.75, 3.05) is 25.0 Å². The summed E-state index contributed by atoms with van der Waals surface area (Å²) in [6.07, 6.45) is -4.56.